The van der Waals surface area contributed by atoms with Crippen molar-refractivity contribution >= 4 is 11.7 Å². The molecule has 0 aliphatic rings. The second-order valence-corrected chi connectivity index (χ2v) is 4.48. The maximum absolute atomic E-state index is 13.3. The molecule has 0 aliphatic carbocycles. The van der Waals surface area contributed by atoms with Gasteiger partial charge in [0.1, 0.15) is 23.9 Å². The second kappa shape index (κ2) is 7.31. The van der Waals surface area contributed by atoms with E-state index < -0.39 is 11.8 Å². The zero-order chi connectivity index (χ0) is 15.9. The van der Waals surface area contributed by atoms with Crippen LogP contribution in [0.1, 0.15) is 10.4 Å². The first-order chi connectivity index (χ1) is 10.6. The first-order valence-electron chi connectivity index (χ1n) is 6.63. The number of aromatic carboxylic acids is 1. The predicted octanol–water partition coefficient (Wildman–Crippen LogP) is 3.02. The van der Waals surface area contributed by atoms with E-state index in [4.69, 9.17) is 14.6 Å². The van der Waals surface area contributed by atoms with Crippen molar-refractivity contribution in [2.24, 2.45) is 0 Å². The summed E-state index contributed by atoms with van der Waals surface area (Å²) in [5.74, 6) is -0.338. The highest BCUT2D eigenvalue weighted by Gasteiger charge is 2.06. The fraction of sp³-hybridized carbons (Fsp3) is 0.188. The standard InChI is InChI=1S/C16H16FNO4/c1-21-14-2-4-15(5-3-14)22-7-6-18-13-9-11(16(19)20)8-12(17)10-13/h2-5,8-10,18H,6-7H2,1H3,(H,19,20). The molecule has 0 fully saturated rings. The molecular formula is C16H16FNO4. The van der Waals surface area contributed by atoms with Gasteiger partial charge in [-0.3, -0.25) is 0 Å². The van der Waals surface area contributed by atoms with E-state index in [1.165, 1.54) is 12.1 Å². The Bertz CT molecular complexity index is 643. The maximum Gasteiger partial charge on any atom is 0.335 e. The lowest BCUT2D eigenvalue weighted by atomic mass is 10.2. The van der Waals surface area contributed by atoms with Crippen molar-refractivity contribution < 1.29 is 23.8 Å². The lowest BCUT2D eigenvalue weighted by molar-refractivity contribution is 0.0696. The van der Waals surface area contributed by atoms with Gasteiger partial charge in [0.25, 0.3) is 0 Å². The smallest absolute Gasteiger partial charge is 0.335 e. The summed E-state index contributed by atoms with van der Waals surface area (Å²) < 4.78 is 23.8. The molecule has 2 aromatic rings. The van der Waals surface area contributed by atoms with Gasteiger partial charge in [0.2, 0.25) is 0 Å². The van der Waals surface area contributed by atoms with Gasteiger partial charge in [-0.15, -0.1) is 0 Å². The van der Waals surface area contributed by atoms with Gasteiger partial charge < -0.3 is 19.9 Å². The van der Waals surface area contributed by atoms with Gasteiger partial charge in [-0.05, 0) is 42.5 Å². The average molecular weight is 305 g/mol. The molecule has 0 saturated carbocycles. The molecule has 0 aromatic heterocycles. The molecule has 0 saturated heterocycles. The van der Waals surface area contributed by atoms with Crippen LogP contribution in [0.2, 0.25) is 0 Å². The quantitative estimate of drug-likeness (QED) is 0.770. The lowest BCUT2D eigenvalue weighted by Gasteiger charge is -2.10. The van der Waals surface area contributed by atoms with Gasteiger partial charge in [0.05, 0.1) is 12.7 Å². The number of rotatable bonds is 7. The summed E-state index contributed by atoms with van der Waals surface area (Å²) in [7, 11) is 1.59. The van der Waals surface area contributed by atoms with E-state index in [9.17, 15) is 9.18 Å². The Morgan fingerprint density at radius 1 is 1.18 bits per heavy atom. The summed E-state index contributed by atoms with van der Waals surface area (Å²) in [5, 5.41) is 11.8. The van der Waals surface area contributed by atoms with Crippen molar-refractivity contribution in [2.75, 3.05) is 25.6 Å². The summed E-state index contributed by atoms with van der Waals surface area (Å²) in [6.45, 7) is 0.764. The first-order valence-corrected chi connectivity index (χ1v) is 6.63. The van der Waals surface area contributed by atoms with Gasteiger partial charge >= 0.3 is 5.97 Å². The van der Waals surface area contributed by atoms with E-state index in [0.717, 1.165) is 11.8 Å². The minimum absolute atomic E-state index is 0.0985. The van der Waals surface area contributed by atoms with Crippen LogP contribution < -0.4 is 14.8 Å². The van der Waals surface area contributed by atoms with Crippen LogP contribution >= 0.6 is 0 Å². The molecule has 0 aliphatic heterocycles. The fourth-order valence-electron chi connectivity index (χ4n) is 1.85. The van der Waals surface area contributed by atoms with Crippen molar-refractivity contribution in [1.82, 2.24) is 0 Å². The van der Waals surface area contributed by atoms with E-state index >= 15 is 0 Å². The third kappa shape index (κ3) is 4.37. The minimum atomic E-state index is -1.17. The summed E-state index contributed by atoms with van der Waals surface area (Å²) in [4.78, 5) is 10.8. The van der Waals surface area contributed by atoms with Crippen LogP contribution in [-0.2, 0) is 0 Å². The van der Waals surface area contributed by atoms with Crippen LogP contribution in [0.3, 0.4) is 0 Å². The fourth-order valence-corrected chi connectivity index (χ4v) is 1.85. The molecule has 5 nitrogen and oxygen atoms in total. The predicted molar refractivity (Wildman–Crippen MR) is 80.3 cm³/mol. The third-order valence-electron chi connectivity index (χ3n) is 2.90. The summed E-state index contributed by atoms with van der Waals surface area (Å²) in [6.07, 6.45) is 0. The zero-order valence-corrected chi connectivity index (χ0v) is 12.0. The van der Waals surface area contributed by atoms with Crippen LogP contribution in [0.4, 0.5) is 10.1 Å². The molecule has 0 radical (unpaired) electrons. The van der Waals surface area contributed by atoms with E-state index in [0.29, 0.717) is 24.6 Å². The molecule has 0 spiro atoms. The molecule has 2 aromatic carbocycles. The molecule has 0 heterocycles. The molecule has 2 rings (SSSR count). The molecule has 0 amide bonds. The Morgan fingerprint density at radius 2 is 1.86 bits per heavy atom. The van der Waals surface area contributed by atoms with E-state index in [1.807, 2.05) is 0 Å². The summed E-state index contributed by atoms with van der Waals surface area (Å²) in [6, 6.07) is 10.7. The Kier molecular flexibility index (Phi) is 5.19. The molecular weight excluding hydrogens is 289 g/mol. The average Bonchev–Trinajstić information content (AvgIpc) is 2.51. The van der Waals surface area contributed by atoms with Crippen molar-refractivity contribution in [3.8, 4) is 11.5 Å². The Hall–Kier alpha value is -2.76. The van der Waals surface area contributed by atoms with Gasteiger partial charge in [-0.2, -0.15) is 0 Å². The number of anilines is 1. The second-order valence-electron chi connectivity index (χ2n) is 4.48. The lowest BCUT2D eigenvalue weighted by Crippen LogP contribution is -2.12. The summed E-state index contributed by atoms with van der Waals surface area (Å²) >= 11 is 0. The van der Waals surface area contributed by atoms with Gasteiger partial charge in [0, 0.05) is 12.2 Å². The molecule has 0 atom stereocenters. The van der Waals surface area contributed by atoms with Crippen LogP contribution in [0.25, 0.3) is 0 Å². The number of ether oxygens (including phenoxy) is 2. The molecule has 116 valence electrons. The largest absolute Gasteiger partial charge is 0.497 e. The van der Waals surface area contributed by atoms with Crippen LogP contribution in [-0.4, -0.2) is 31.3 Å². The number of halogens is 1. The first kappa shape index (κ1) is 15.6. The maximum atomic E-state index is 13.3. The third-order valence-corrected chi connectivity index (χ3v) is 2.90. The van der Waals surface area contributed by atoms with Crippen molar-refractivity contribution in [3.63, 3.8) is 0 Å². The number of benzene rings is 2. The van der Waals surface area contributed by atoms with Crippen LogP contribution in [0.15, 0.2) is 42.5 Å². The number of hydrogen-bond donors (Lipinski definition) is 2. The minimum Gasteiger partial charge on any atom is -0.497 e. The number of carboxylic acid groups (broad SMARTS) is 1. The molecule has 6 heteroatoms. The van der Waals surface area contributed by atoms with Crippen molar-refractivity contribution in [3.05, 3.63) is 53.8 Å². The van der Waals surface area contributed by atoms with E-state index in [1.54, 1.807) is 31.4 Å². The number of carboxylic acids is 1. The zero-order valence-electron chi connectivity index (χ0n) is 12.0. The molecule has 2 N–H and O–H groups in total. The topological polar surface area (TPSA) is 67.8 Å². The summed E-state index contributed by atoms with van der Waals surface area (Å²) in [5.41, 5.74) is 0.300. The van der Waals surface area contributed by atoms with Gasteiger partial charge in [-0.25, -0.2) is 9.18 Å². The number of hydrogen-bond acceptors (Lipinski definition) is 4. The van der Waals surface area contributed by atoms with E-state index in [-0.39, 0.29) is 5.56 Å². The monoisotopic (exact) mass is 305 g/mol. The number of methoxy groups -OCH3 is 1. The van der Waals surface area contributed by atoms with Crippen molar-refractivity contribution in [1.29, 1.82) is 0 Å². The Morgan fingerprint density at radius 3 is 2.50 bits per heavy atom. The molecule has 0 bridgehead atoms. The molecule has 22 heavy (non-hydrogen) atoms. The highest BCUT2D eigenvalue weighted by molar-refractivity contribution is 5.88. The number of carbonyl (C=O) groups is 1. The van der Waals surface area contributed by atoms with Crippen LogP contribution in [0, 0.1) is 5.82 Å². The highest BCUT2D eigenvalue weighted by atomic mass is 19.1. The SMILES string of the molecule is COc1ccc(OCCNc2cc(F)cc(C(=O)O)c2)cc1. The normalized spacial score (nSPS) is 10.1. The van der Waals surface area contributed by atoms with Crippen molar-refractivity contribution in [2.45, 2.75) is 0 Å². The molecule has 0 unspecified atom stereocenters. The Balaban J connectivity index is 1.84. The van der Waals surface area contributed by atoms with Crippen LogP contribution in [0.5, 0.6) is 11.5 Å². The van der Waals surface area contributed by atoms with Gasteiger partial charge in [0.15, 0.2) is 0 Å². The van der Waals surface area contributed by atoms with Gasteiger partial charge in [-0.1, -0.05) is 0 Å². The Labute approximate surface area is 127 Å². The van der Waals surface area contributed by atoms with E-state index in [2.05, 4.69) is 5.32 Å². The highest BCUT2D eigenvalue weighted by Crippen LogP contribution is 2.17. The number of nitrogens with one attached hydrogen (secondary N) is 1.